The van der Waals surface area contributed by atoms with E-state index in [0.717, 1.165) is 39.9 Å². The van der Waals surface area contributed by atoms with Crippen molar-refractivity contribution in [1.29, 1.82) is 0 Å². The van der Waals surface area contributed by atoms with E-state index >= 15 is 0 Å². The average Bonchev–Trinajstić information content (AvgIpc) is 3.00. The maximum Gasteiger partial charge on any atom is 2.00 e. The maximum atomic E-state index is 6.69. The van der Waals surface area contributed by atoms with Gasteiger partial charge in [0.25, 0.3) is 0 Å². The third-order valence-corrected chi connectivity index (χ3v) is 10.9. The van der Waals surface area contributed by atoms with Gasteiger partial charge >= 0.3 is 21.1 Å². The number of nitrogens with zero attached hydrogens (tertiary/aromatic N) is 2. The quantitative estimate of drug-likeness (QED) is 0.154. The van der Waals surface area contributed by atoms with E-state index in [2.05, 4.69) is 82.4 Å². The SMILES string of the molecule is CC1(C)C2Cc3cc(-c4[c-]c(-c5cc6c(cn5)C5CC(C6)C5(C)C)ccc4)ncc3C1C2.[C-]#Cc1ccccc1.[Pt+2]. The molecule has 4 aromatic rings. The van der Waals surface area contributed by atoms with Gasteiger partial charge in [-0.25, -0.2) is 0 Å². The van der Waals surface area contributed by atoms with Crippen LogP contribution in [0.4, 0.5) is 0 Å². The summed E-state index contributed by atoms with van der Waals surface area (Å²) in [6.07, 6.45) is 16.1. The first-order valence-electron chi connectivity index (χ1n) is 14.7. The second-order valence-corrected chi connectivity index (χ2v) is 13.5. The molecule has 2 aromatic carbocycles. The van der Waals surface area contributed by atoms with Crippen LogP contribution in [0.3, 0.4) is 0 Å². The molecule has 4 bridgehead atoms. The Morgan fingerprint density at radius 1 is 0.732 bits per heavy atom. The average molecular weight is 716 g/mol. The minimum Gasteiger partial charge on any atom is -0.366 e. The summed E-state index contributed by atoms with van der Waals surface area (Å²) in [6, 6.07) is 24.1. The Hall–Kier alpha value is -3.01. The summed E-state index contributed by atoms with van der Waals surface area (Å²) in [4.78, 5) is 9.78. The van der Waals surface area contributed by atoms with E-state index in [0.29, 0.717) is 22.7 Å². The van der Waals surface area contributed by atoms with Crippen molar-refractivity contribution in [3.05, 3.63) is 113 Å². The number of aromatic nitrogens is 2. The van der Waals surface area contributed by atoms with Crippen molar-refractivity contribution in [1.82, 2.24) is 9.97 Å². The van der Waals surface area contributed by atoms with Gasteiger partial charge in [-0.05, 0) is 82.4 Å². The van der Waals surface area contributed by atoms with Crippen LogP contribution < -0.4 is 0 Å². The molecule has 0 amide bonds. The molecule has 4 atom stereocenters. The molecule has 10 rings (SSSR count). The van der Waals surface area contributed by atoms with Crippen LogP contribution in [-0.2, 0) is 33.9 Å². The van der Waals surface area contributed by atoms with Crippen molar-refractivity contribution in [2.24, 2.45) is 22.7 Å². The second-order valence-electron chi connectivity index (χ2n) is 13.5. The fraction of sp³-hybridized carbons (Fsp3) is 0.368. The molecule has 0 radical (unpaired) electrons. The molecule has 3 heteroatoms. The predicted octanol–water partition coefficient (Wildman–Crippen LogP) is 8.60. The Labute approximate surface area is 259 Å². The fourth-order valence-corrected chi connectivity index (χ4v) is 7.89. The molecule has 4 unspecified atom stereocenters. The van der Waals surface area contributed by atoms with Gasteiger partial charge in [0.1, 0.15) is 0 Å². The maximum absolute atomic E-state index is 6.69. The zero-order valence-electron chi connectivity index (χ0n) is 24.3. The van der Waals surface area contributed by atoms with E-state index < -0.39 is 0 Å². The van der Waals surface area contributed by atoms with E-state index in [9.17, 15) is 0 Å². The van der Waals surface area contributed by atoms with Crippen molar-refractivity contribution >= 4 is 0 Å². The van der Waals surface area contributed by atoms with Gasteiger partial charge in [0, 0.05) is 23.8 Å². The summed E-state index contributed by atoms with van der Waals surface area (Å²) in [6.45, 7) is 9.71. The summed E-state index contributed by atoms with van der Waals surface area (Å²) in [5, 5.41) is 0. The molecule has 0 aliphatic heterocycles. The molecule has 2 nitrogen and oxygen atoms in total. The zero-order chi connectivity index (χ0) is 27.6. The van der Waals surface area contributed by atoms with Gasteiger partial charge < -0.3 is 6.42 Å². The Kier molecular flexibility index (Phi) is 7.11. The van der Waals surface area contributed by atoms with Gasteiger partial charge in [-0.1, -0.05) is 69.2 Å². The molecule has 6 aliphatic carbocycles. The van der Waals surface area contributed by atoms with Gasteiger partial charge in [0.2, 0.25) is 0 Å². The first-order valence-corrected chi connectivity index (χ1v) is 14.7. The van der Waals surface area contributed by atoms with E-state index in [1.165, 1.54) is 47.9 Å². The number of rotatable bonds is 2. The molecule has 2 saturated carbocycles. The van der Waals surface area contributed by atoms with Gasteiger partial charge in [-0.2, -0.15) is 0 Å². The molecule has 41 heavy (non-hydrogen) atoms. The van der Waals surface area contributed by atoms with Crippen LogP contribution in [0.1, 0.15) is 80.2 Å². The molecule has 6 aliphatic rings. The van der Waals surface area contributed by atoms with Crippen LogP contribution in [-0.4, -0.2) is 9.97 Å². The molecule has 0 spiro atoms. The van der Waals surface area contributed by atoms with E-state index in [-0.39, 0.29) is 21.1 Å². The summed E-state index contributed by atoms with van der Waals surface area (Å²) >= 11 is 0. The summed E-state index contributed by atoms with van der Waals surface area (Å²) in [5.74, 6) is 5.29. The molecular weight excluding hydrogens is 680 g/mol. The van der Waals surface area contributed by atoms with E-state index in [1.54, 1.807) is 0 Å². The minimum absolute atomic E-state index is 0. The molecule has 208 valence electrons. The predicted molar refractivity (Wildman–Crippen MR) is 161 cm³/mol. The van der Waals surface area contributed by atoms with Crippen molar-refractivity contribution in [3.8, 4) is 28.4 Å². The van der Waals surface area contributed by atoms with Crippen LogP contribution in [0.5, 0.6) is 0 Å². The molecule has 2 fully saturated rings. The normalized spacial score (nSPS) is 24.9. The van der Waals surface area contributed by atoms with Crippen molar-refractivity contribution in [3.63, 3.8) is 0 Å². The van der Waals surface area contributed by atoms with Crippen LogP contribution in [0.25, 0.3) is 22.5 Å². The summed E-state index contributed by atoms with van der Waals surface area (Å²) in [5.41, 5.74) is 11.9. The Balaban J connectivity index is 0.000000293. The minimum atomic E-state index is 0. The molecule has 2 aromatic heterocycles. The second kappa shape index (κ2) is 10.4. The zero-order valence-corrected chi connectivity index (χ0v) is 26.5. The van der Waals surface area contributed by atoms with E-state index in [1.807, 2.05) is 30.3 Å². The van der Waals surface area contributed by atoms with Gasteiger partial charge in [0.15, 0.2) is 0 Å². The molecule has 0 saturated heterocycles. The third kappa shape index (κ3) is 4.62. The van der Waals surface area contributed by atoms with Crippen molar-refractivity contribution in [2.45, 2.75) is 65.2 Å². The van der Waals surface area contributed by atoms with Crippen molar-refractivity contribution < 1.29 is 21.1 Å². The van der Waals surface area contributed by atoms with Gasteiger partial charge in [0.05, 0.1) is 0 Å². The first-order chi connectivity index (χ1) is 19.3. The molecule has 2 heterocycles. The first kappa shape index (κ1) is 28.1. The number of pyridine rings is 2. The Morgan fingerprint density at radius 2 is 1.22 bits per heavy atom. The van der Waals surface area contributed by atoms with Crippen LogP contribution in [0.15, 0.2) is 73.1 Å². The fourth-order valence-electron chi connectivity index (χ4n) is 7.89. The van der Waals surface area contributed by atoms with Crippen molar-refractivity contribution in [2.75, 3.05) is 0 Å². The largest absolute Gasteiger partial charge is 2.00 e. The Morgan fingerprint density at radius 3 is 1.63 bits per heavy atom. The number of hydrogen-bond acceptors (Lipinski definition) is 2. The van der Waals surface area contributed by atoms with Crippen LogP contribution in [0, 0.1) is 41.1 Å². The van der Waals surface area contributed by atoms with Gasteiger partial charge in [-0.3, -0.25) is 15.9 Å². The third-order valence-electron chi connectivity index (χ3n) is 10.9. The smallest absolute Gasteiger partial charge is 0.366 e. The van der Waals surface area contributed by atoms with Crippen LogP contribution in [0.2, 0.25) is 0 Å². The monoisotopic (exact) mass is 715 g/mol. The van der Waals surface area contributed by atoms with Crippen LogP contribution >= 0.6 is 0 Å². The van der Waals surface area contributed by atoms with E-state index in [4.69, 9.17) is 16.4 Å². The Bertz CT molecular complexity index is 1550. The summed E-state index contributed by atoms with van der Waals surface area (Å²) in [7, 11) is 0. The topological polar surface area (TPSA) is 25.8 Å². The standard InChI is InChI=1S/C30H31N2.C8H5.Pt/c1-29(2)21-9-19-11-27(31-15-23(19)25(29)13-21)17-6-5-7-18(8-17)28-12-20-10-22-14-26(30(22,3)4)24(20)16-32-28;1-2-8-6-4-3-5-7-8;/h5-7,11-12,15-16,21-22,25-26H,9-10,13-14H2,1-4H3;3-7H;/q2*-1;+2. The van der Waals surface area contributed by atoms with Gasteiger partial charge in [-0.15, -0.1) is 42.0 Å². The number of hydrogen-bond donors (Lipinski definition) is 0. The number of benzene rings is 2. The molecule has 0 N–H and O–H groups in total. The summed E-state index contributed by atoms with van der Waals surface area (Å²) < 4.78 is 0. The molecular formula is C38H36N2Pt.